The average molecular weight is 327 g/mol. The van der Waals surface area contributed by atoms with Gasteiger partial charge in [-0.2, -0.15) is 0 Å². The number of aliphatic hydroxyl groups excluding tert-OH is 2. The fraction of sp³-hybridized carbons (Fsp3) is 0.474. The highest BCUT2D eigenvalue weighted by Crippen LogP contribution is 2.36. The lowest BCUT2D eigenvalue weighted by Crippen LogP contribution is -2.35. The summed E-state index contributed by atoms with van der Waals surface area (Å²) in [5.41, 5.74) is 1.95. The Kier molecular flexibility index (Phi) is 5.23. The molecule has 1 heterocycles. The minimum absolute atomic E-state index is 0.00675. The van der Waals surface area contributed by atoms with Gasteiger partial charge in [-0.3, -0.25) is 0 Å². The molecule has 0 spiro atoms. The molecular weight excluding hydrogens is 302 g/mol. The van der Waals surface area contributed by atoms with Crippen molar-refractivity contribution in [2.45, 2.75) is 25.0 Å². The van der Waals surface area contributed by atoms with E-state index in [0.29, 0.717) is 12.2 Å². The molecule has 1 aliphatic rings. The average Bonchev–Trinajstić information content (AvgIpc) is 2.91. The van der Waals surface area contributed by atoms with Crippen LogP contribution in [0, 0.1) is 11.8 Å². The number of rotatable bonds is 5. The monoisotopic (exact) mass is 327 g/mol. The van der Waals surface area contributed by atoms with Crippen molar-refractivity contribution in [3.63, 3.8) is 0 Å². The van der Waals surface area contributed by atoms with Crippen LogP contribution in [0.3, 0.4) is 0 Å². The zero-order valence-electron chi connectivity index (χ0n) is 14.2. The van der Waals surface area contributed by atoms with Crippen LogP contribution < -0.4 is 0 Å². The summed E-state index contributed by atoms with van der Waals surface area (Å²) in [6.45, 7) is 0.00675. The molecule has 1 aromatic heterocycles. The SMILES string of the molecule is CN(C)[C@@H]1C[C@@H](O)[C@H](CO)[C@H]1Cc1ccnc(-c2ccccc2)n1. The Morgan fingerprint density at radius 3 is 2.54 bits per heavy atom. The van der Waals surface area contributed by atoms with Gasteiger partial charge in [-0.05, 0) is 38.9 Å². The summed E-state index contributed by atoms with van der Waals surface area (Å²) in [4.78, 5) is 11.2. The van der Waals surface area contributed by atoms with Gasteiger partial charge in [0.15, 0.2) is 5.82 Å². The highest BCUT2D eigenvalue weighted by molar-refractivity contribution is 5.54. The summed E-state index contributed by atoms with van der Waals surface area (Å²) in [6, 6.07) is 12.1. The molecule has 1 fully saturated rings. The molecule has 1 saturated carbocycles. The molecule has 1 aliphatic carbocycles. The van der Waals surface area contributed by atoms with E-state index in [2.05, 4.69) is 9.88 Å². The van der Waals surface area contributed by atoms with E-state index in [4.69, 9.17) is 4.98 Å². The van der Waals surface area contributed by atoms with Gasteiger partial charge in [0.05, 0.1) is 6.10 Å². The van der Waals surface area contributed by atoms with Crippen molar-refractivity contribution in [3.05, 3.63) is 48.3 Å². The first-order valence-corrected chi connectivity index (χ1v) is 8.43. The van der Waals surface area contributed by atoms with Gasteiger partial charge in [0.1, 0.15) is 0 Å². The molecule has 0 amide bonds. The molecule has 3 rings (SSSR count). The van der Waals surface area contributed by atoms with E-state index >= 15 is 0 Å². The third-order valence-corrected chi connectivity index (χ3v) is 5.09. The molecule has 0 unspecified atom stereocenters. The fourth-order valence-corrected chi connectivity index (χ4v) is 3.78. The third-order valence-electron chi connectivity index (χ3n) is 5.09. The van der Waals surface area contributed by atoms with Crippen molar-refractivity contribution in [2.75, 3.05) is 20.7 Å². The first kappa shape index (κ1) is 17.0. The second-order valence-electron chi connectivity index (χ2n) is 6.79. The van der Waals surface area contributed by atoms with Gasteiger partial charge in [-0.1, -0.05) is 30.3 Å². The first-order chi connectivity index (χ1) is 11.6. The topological polar surface area (TPSA) is 69.5 Å². The lowest BCUT2D eigenvalue weighted by molar-refractivity contribution is 0.0707. The Bertz CT molecular complexity index is 663. The van der Waals surface area contributed by atoms with Crippen LogP contribution in [-0.2, 0) is 6.42 Å². The van der Waals surface area contributed by atoms with E-state index in [-0.39, 0.29) is 24.5 Å². The number of aliphatic hydroxyl groups is 2. The number of benzene rings is 1. The van der Waals surface area contributed by atoms with Gasteiger partial charge >= 0.3 is 0 Å². The molecule has 4 atom stereocenters. The van der Waals surface area contributed by atoms with Crippen molar-refractivity contribution in [3.8, 4) is 11.4 Å². The summed E-state index contributed by atoms with van der Waals surface area (Å²) in [5, 5.41) is 20.0. The predicted molar refractivity (Wildman–Crippen MR) is 93.3 cm³/mol. The van der Waals surface area contributed by atoms with Crippen LogP contribution in [0.4, 0.5) is 0 Å². The summed E-state index contributed by atoms with van der Waals surface area (Å²) in [5.74, 6) is 0.791. The van der Waals surface area contributed by atoms with Gasteiger partial charge < -0.3 is 15.1 Å². The molecule has 0 aliphatic heterocycles. The van der Waals surface area contributed by atoms with Crippen molar-refractivity contribution in [2.24, 2.45) is 11.8 Å². The van der Waals surface area contributed by atoms with Crippen LogP contribution in [0.2, 0.25) is 0 Å². The smallest absolute Gasteiger partial charge is 0.159 e. The van der Waals surface area contributed by atoms with Gasteiger partial charge in [0.2, 0.25) is 0 Å². The zero-order valence-corrected chi connectivity index (χ0v) is 14.2. The Labute approximate surface area is 143 Å². The maximum absolute atomic E-state index is 10.3. The zero-order chi connectivity index (χ0) is 17.1. The van der Waals surface area contributed by atoms with Crippen LogP contribution in [0.1, 0.15) is 12.1 Å². The lowest BCUT2D eigenvalue weighted by atomic mass is 9.88. The minimum atomic E-state index is -0.456. The summed E-state index contributed by atoms with van der Waals surface area (Å²) in [6.07, 6.45) is 2.75. The van der Waals surface area contributed by atoms with Gasteiger partial charge in [0, 0.05) is 36.0 Å². The molecule has 24 heavy (non-hydrogen) atoms. The molecule has 128 valence electrons. The Balaban J connectivity index is 1.84. The van der Waals surface area contributed by atoms with E-state index in [1.165, 1.54) is 0 Å². The first-order valence-electron chi connectivity index (χ1n) is 8.43. The Morgan fingerprint density at radius 1 is 1.12 bits per heavy atom. The van der Waals surface area contributed by atoms with Crippen LogP contribution >= 0.6 is 0 Å². The molecule has 2 aromatic rings. The molecule has 0 saturated heterocycles. The molecular formula is C19H25N3O2. The van der Waals surface area contributed by atoms with Crippen molar-refractivity contribution in [1.29, 1.82) is 0 Å². The van der Waals surface area contributed by atoms with E-state index in [1.54, 1.807) is 6.20 Å². The van der Waals surface area contributed by atoms with Crippen LogP contribution in [0.15, 0.2) is 42.6 Å². The largest absolute Gasteiger partial charge is 0.396 e. The van der Waals surface area contributed by atoms with Gasteiger partial charge in [-0.25, -0.2) is 9.97 Å². The lowest BCUT2D eigenvalue weighted by Gasteiger charge is -2.28. The minimum Gasteiger partial charge on any atom is -0.396 e. The Morgan fingerprint density at radius 2 is 1.88 bits per heavy atom. The molecule has 0 radical (unpaired) electrons. The number of hydrogen-bond donors (Lipinski definition) is 2. The maximum atomic E-state index is 10.3. The number of nitrogens with zero attached hydrogens (tertiary/aromatic N) is 3. The Hall–Kier alpha value is -1.82. The van der Waals surface area contributed by atoms with E-state index in [9.17, 15) is 10.2 Å². The van der Waals surface area contributed by atoms with E-state index < -0.39 is 6.10 Å². The molecule has 5 heteroatoms. The highest BCUT2D eigenvalue weighted by atomic mass is 16.3. The molecule has 5 nitrogen and oxygen atoms in total. The van der Waals surface area contributed by atoms with Crippen molar-refractivity contribution < 1.29 is 10.2 Å². The quantitative estimate of drug-likeness (QED) is 0.873. The van der Waals surface area contributed by atoms with Crippen molar-refractivity contribution in [1.82, 2.24) is 14.9 Å². The van der Waals surface area contributed by atoms with Gasteiger partial charge in [-0.15, -0.1) is 0 Å². The fourth-order valence-electron chi connectivity index (χ4n) is 3.78. The molecule has 2 N–H and O–H groups in total. The van der Waals surface area contributed by atoms with E-state index in [0.717, 1.165) is 17.7 Å². The van der Waals surface area contributed by atoms with Gasteiger partial charge in [0.25, 0.3) is 0 Å². The highest BCUT2D eigenvalue weighted by Gasteiger charge is 2.43. The molecule has 1 aromatic carbocycles. The summed E-state index contributed by atoms with van der Waals surface area (Å²) in [7, 11) is 4.05. The summed E-state index contributed by atoms with van der Waals surface area (Å²) >= 11 is 0. The molecule has 0 bridgehead atoms. The number of hydrogen-bond acceptors (Lipinski definition) is 5. The normalized spacial score (nSPS) is 26.9. The standard InChI is InChI=1S/C19H25N3O2/c1-22(2)17-11-18(24)16(12-23)15(17)10-14-8-9-20-19(21-14)13-6-4-3-5-7-13/h3-9,15-18,23-24H,10-12H2,1-2H3/t15-,16-,17-,18-/m1/s1. The van der Waals surface area contributed by atoms with Crippen molar-refractivity contribution >= 4 is 0 Å². The summed E-state index contributed by atoms with van der Waals surface area (Å²) < 4.78 is 0. The third kappa shape index (κ3) is 3.48. The predicted octanol–water partition coefficient (Wildman–Crippen LogP) is 1.61. The second-order valence-corrected chi connectivity index (χ2v) is 6.79. The maximum Gasteiger partial charge on any atom is 0.159 e. The van der Waals surface area contributed by atoms with E-state index in [1.807, 2.05) is 50.5 Å². The van der Waals surface area contributed by atoms with Crippen LogP contribution in [0.5, 0.6) is 0 Å². The second kappa shape index (κ2) is 7.38. The van der Waals surface area contributed by atoms with Crippen LogP contribution in [-0.4, -0.2) is 57.9 Å². The van der Waals surface area contributed by atoms with Crippen LogP contribution in [0.25, 0.3) is 11.4 Å². The number of aromatic nitrogens is 2.